The van der Waals surface area contributed by atoms with Crippen LogP contribution >= 0.6 is 0 Å². The fraction of sp³-hybridized carbons (Fsp3) is 0.362. The molecule has 3 aliphatic rings. The van der Waals surface area contributed by atoms with Gasteiger partial charge in [0.25, 0.3) is 17.7 Å². The summed E-state index contributed by atoms with van der Waals surface area (Å²) in [6.07, 6.45) is 5.90. The SMILES string of the molecule is Cc1cc(C)c(S(=O)(=O)N(C)CC(=O)N(Cc2ccc(C3CCCCC3)cc2)c2ccc(C(=O)NCCNc3cccc4c3C(=O)N(C3CCC(=O)NC3=O)C4=O)c(O)c2)c(C)c1. The number of benzene rings is 4. The van der Waals surface area contributed by atoms with Crippen LogP contribution in [0.4, 0.5) is 11.4 Å². The highest BCUT2D eigenvalue weighted by atomic mass is 32.2. The number of nitrogens with one attached hydrogen (secondary N) is 3. The molecule has 2 heterocycles. The molecule has 1 atom stereocenters. The molecule has 6 amide bonds. The van der Waals surface area contributed by atoms with Gasteiger partial charge in [0.05, 0.1) is 34.7 Å². The molecule has 0 aromatic heterocycles. The molecule has 0 spiro atoms. The molecule has 2 aliphatic heterocycles. The lowest BCUT2D eigenvalue weighted by atomic mass is 9.84. The largest absolute Gasteiger partial charge is 0.507 e. The van der Waals surface area contributed by atoms with Gasteiger partial charge in [-0.05, 0) is 92.5 Å². The van der Waals surface area contributed by atoms with Gasteiger partial charge < -0.3 is 20.6 Å². The maximum absolute atomic E-state index is 14.2. The maximum atomic E-state index is 14.2. The number of aryl methyl sites for hydroxylation is 3. The molecule has 63 heavy (non-hydrogen) atoms. The van der Waals surface area contributed by atoms with E-state index in [0.717, 1.165) is 33.2 Å². The number of imide groups is 2. The molecule has 4 aromatic carbocycles. The minimum atomic E-state index is -4.07. The van der Waals surface area contributed by atoms with E-state index in [1.165, 1.54) is 61.0 Å². The standard InChI is InChI=1S/C47H52N6O9S/c1-28-23-29(2)43(30(3)24-28)63(61,62)51(4)27-41(56)52(26-31-13-15-33(16-14-31)32-9-6-5-7-10-32)34-17-18-35(39(54)25-34)44(57)49-22-21-48-37-12-8-11-36-42(37)47(60)53(46(36)59)38-19-20-40(55)50-45(38)58/h8,11-18,23-25,32,38,48,54H,5-7,9-10,19-22,26-27H2,1-4H3,(H,49,57)(H,50,55,58). The van der Waals surface area contributed by atoms with Crippen LogP contribution in [-0.4, -0.2) is 90.9 Å². The van der Waals surface area contributed by atoms with Crippen molar-refractivity contribution in [3.63, 3.8) is 0 Å². The Balaban J connectivity index is 1.04. The molecule has 2 fully saturated rings. The summed E-state index contributed by atoms with van der Waals surface area (Å²) in [4.78, 5) is 80.8. The Hall–Kier alpha value is -6.39. The van der Waals surface area contributed by atoms with E-state index in [9.17, 15) is 42.3 Å². The summed E-state index contributed by atoms with van der Waals surface area (Å²) in [5, 5.41) is 19.2. The van der Waals surface area contributed by atoms with Crippen LogP contribution in [0, 0.1) is 20.8 Å². The zero-order chi connectivity index (χ0) is 45.2. The first-order chi connectivity index (χ1) is 30.0. The summed E-state index contributed by atoms with van der Waals surface area (Å²) in [5.74, 6) is -3.59. The number of nitrogens with zero attached hydrogens (tertiary/aromatic N) is 3. The van der Waals surface area contributed by atoms with Crippen LogP contribution in [-0.2, 0) is 31.0 Å². The number of sulfonamides is 1. The average Bonchev–Trinajstić information content (AvgIpc) is 3.50. The van der Waals surface area contributed by atoms with Gasteiger partial charge in [0.15, 0.2) is 0 Å². The first kappa shape index (κ1) is 44.7. The van der Waals surface area contributed by atoms with Crippen LogP contribution < -0.4 is 20.9 Å². The summed E-state index contributed by atoms with van der Waals surface area (Å²) in [7, 11) is -2.71. The van der Waals surface area contributed by atoms with E-state index in [-0.39, 0.29) is 59.7 Å². The highest BCUT2D eigenvalue weighted by Crippen LogP contribution is 2.35. The summed E-state index contributed by atoms with van der Waals surface area (Å²) >= 11 is 0. The van der Waals surface area contributed by atoms with Crippen LogP contribution in [0.15, 0.2) is 77.7 Å². The van der Waals surface area contributed by atoms with E-state index in [1.807, 2.05) is 19.1 Å². The summed E-state index contributed by atoms with van der Waals surface area (Å²) in [6, 6.07) is 19.4. The molecule has 4 N–H and O–H groups in total. The Labute approximate surface area is 366 Å². The number of anilines is 2. The lowest BCUT2D eigenvalue weighted by Crippen LogP contribution is -2.54. The van der Waals surface area contributed by atoms with Gasteiger partial charge in [0.1, 0.15) is 11.8 Å². The monoisotopic (exact) mass is 876 g/mol. The zero-order valence-corrected chi connectivity index (χ0v) is 36.6. The van der Waals surface area contributed by atoms with E-state index in [0.29, 0.717) is 22.7 Å². The average molecular weight is 877 g/mol. The molecule has 4 aromatic rings. The van der Waals surface area contributed by atoms with Crippen molar-refractivity contribution in [2.24, 2.45) is 0 Å². The number of carbonyl (C=O) groups is 6. The predicted molar refractivity (Wildman–Crippen MR) is 236 cm³/mol. The van der Waals surface area contributed by atoms with Crippen molar-refractivity contribution in [3.8, 4) is 5.75 Å². The number of likely N-dealkylation sites (N-methyl/N-ethyl adjacent to an activating group) is 1. The van der Waals surface area contributed by atoms with E-state index in [2.05, 4.69) is 28.1 Å². The molecule has 16 heteroatoms. The topological polar surface area (TPSA) is 203 Å². The second kappa shape index (κ2) is 18.5. The van der Waals surface area contributed by atoms with Gasteiger partial charge in [-0.1, -0.05) is 67.3 Å². The molecular formula is C47H52N6O9S. The second-order valence-corrected chi connectivity index (χ2v) is 18.6. The normalized spacial score (nSPS) is 16.8. The van der Waals surface area contributed by atoms with Crippen LogP contribution in [0.3, 0.4) is 0 Å². The Morgan fingerprint density at radius 2 is 1.56 bits per heavy atom. The minimum Gasteiger partial charge on any atom is -0.507 e. The van der Waals surface area contributed by atoms with Crippen molar-refractivity contribution in [1.29, 1.82) is 0 Å². The van der Waals surface area contributed by atoms with E-state index < -0.39 is 63.8 Å². The Kier molecular flexibility index (Phi) is 13.1. The van der Waals surface area contributed by atoms with Crippen molar-refractivity contribution in [2.45, 2.75) is 89.1 Å². The van der Waals surface area contributed by atoms with Gasteiger partial charge in [0, 0.05) is 44.0 Å². The summed E-state index contributed by atoms with van der Waals surface area (Å²) < 4.78 is 28.8. The van der Waals surface area contributed by atoms with E-state index >= 15 is 0 Å². The molecule has 0 bridgehead atoms. The van der Waals surface area contributed by atoms with E-state index in [4.69, 9.17) is 0 Å². The van der Waals surface area contributed by atoms with Gasteiger partial charge in [-0.3, -0.25) is 39.0 Å². The number of rotatable bonds is 14. The maximum Gasteiger partial charge on any atom is 0.264 e. The minimum absolute atomic E-state index is 0.00347. The fourth-order valence-electron chi connectivity index (χ4n) is 8.94. The number of carbonyl (C=O) groups excluding carboxylic acids is 6. The fourth-order valence-corrected chi connectivity index (χ4v) is 10.5. The molecule has 330 valence electrons. The second-order valence-electron chi connectivity index (χ2n) is 16.6. The summed E-state index contributed by atoms with van der Waals surface area (Å²) in [5.41, 5.74) is 4.79. The van der Waals surface area contributed by atoms with Crippen molar-refractivity contribution in [3.05, 3.63) is 117 Å². The number of amides is 6. The summed E-state index contributed by atoms with van der Waals surface area (Å²) in [6.45, 7) is 5.06. The predicted octanol–water partition coefficient (Wildman–Crippen LogP) is 5.46. The molecule has 0 radical (unpaired) electrons. The molecule has 1 saturated heterocycles. The highest BCUT2D eigenvalue weighted by Gasteiger charge is 2.45. The quantitative estimate of drug-likeness (QED) is 0.0931. The number of phenols is 1. The van der Waals surface area contributed by atoms with Crippen LogP contribution in [0.5, 0.6) is 5.75 Å². The zero-order valence-electron chi connectivity index (χ0n) is 35.8. The third-order valence-electron chi connectivity index (χ3n) is 12.1. The Bertz CT molecular complexity index is 2580. The van der Waals surface area contributed by atoms with Gasteiger partial charge in [0.2, 0.25) is 27.7 Å². The molecule has 1 aliphatic carbocycles. The lowest BCUT2D eigenvalue weighted by molar-refractivity contribution is -0.136. The molecule has 1 unspecified atom stereocenters. The van der Waals surface area contributed by atoms with Crippen LogP contribution in [0.2, 0.25) is 0 Å². The molecular weight excluding hydrogens is 825 g/mol. The van der Waals surface area contributed by atoms with Crippen LogP contribution in [0.25, 0.3) is 0 Å². The first-order valence-electron chi connectivity index (χ1n) is 21.2. The lowest BCUT2D eigenvalue weighted by Gasteiger charge is -2.27. The Morgan fingerprint density at radius 3 is 2.22 bits per heavy atom. The van der Waals surface area contributed by atoms with E-state index in [1.54, 1.807) is 38.1 Å². The van der Waals surface area contributed by atoms with Gasteiger partial charge in [-0.25, -0.2) is 8.42 Å². The number of hydrogen-bond acceptors (Lipinski definition) is 10. The molecule has 7 rings (SSSR count). The Morgan fingerprint density at radius 1 is 0.857 bits per heavy atom. The van der Waals surface area contributed by atoms with Gasteiger partial charge >= 0.3 is 0 Å². The molecule has 1 saturated carbocycles. The first-order valence-corrected chi connectivity index (χ1v) is 22.6. The number of phenolic OH excluding ortho intramolecular Hbond substituents is 1. The number of piperidine rings is 1. The number of aromatic hydroxyl groups is 1. The van der Waals surface area contributed by atoms with Gasteiger partial charge in [-0.2, -0.15) is 4.31 Å². The third kappa shape index (κ3) is 9.37. The van der Waals surface area contributed by atoms with Gasteiger partial charge in [-0.15, -0.1) is 0 Å². The highest BCUT2D eigenvalue weighted by molar-refractivity contribution is 7.89. The smallest absolute Gasteiger partial charge is 0.264 e. The number of hydrogen-bond donors (Lipinski definition) is 4. The third-order valence-corrected chi connectivity index (χ3v) is 14.2. The van der Waals surface area contributed by atoms with Crippen molar-refractivity contribution in [1.82, 2.24) is 19.8 Å². The molecule has 15 nitrogen and oxygen atoms in total. The van der Waals surface area contributed by atoms with Crippen molar-refractivity contribution in [2.75, 3.05) is 36.9 Å². The van der Waals surface area contributed by atoms with Crippen molar-refractivity contribution >= 4 is 56.8 Å². The van der Waals surface area contributed by atoms with Crippen LogP contribution in [0.1, 0.15) is 110 Å². The number of fused-ring (bicyclic) bond motifs is 1. The van der Waals surface area contributed by atoms with Crippen molar-refractivity contribution < 1.29 is 42.3 Å².